The third-order valence-electron chi connectivity index (χ3n) is 4.07. The van der Waals surface area contributed by atoms with Crippen LogP contribution in [0.15, 0.2) is 0 Å². The van der Waals surface area contributed by atoms with Gasteiger partial charge in [0.2, 0.25) is 0 Å². The average Bonchev–Trinajstić information content (AvgIpc) is 2.43. The van der Waals surface area contributed by atoms with E-state index in [0.29, 0.717) is 12.6 Å². The van der Waals surface area contributed by atoms with E-state index in [1.807, 2.05) is 6.92 Å². The molecule has 2 fully saturated rings. The van der Waals surface area contributed by atoms with Crippen molar-refractivity contribution < 1.29 is 9.59 Å². The van der Waals surface area contributed by atoms with Crippen molar-refractivity contribution in [3.63, 3.8) is 0 Å². The molecule has 2 aliphatic rings. The van der Waals surface area contributed by atoms with Crippen molar-refractivity contribution in [3.8, 4) is 0 Å². The van der Waals surface area contributed by atoms with Gasteiger partial charge in [-0.1, -0.05) is 18.6 Å². The zero-order valence-corrected chi connectivity index (χ0v) is 12.6. The largest absolute Gasteiger partial charge is 0.392 e. The fourth-order valence-corrected chi connectivity index (χ4v) is 3.08. The van der Waals surface area contributed by atoms with Crippen molar-refractivity contribution in [2.24, 2.45) is 5.73 Å². The number of carbonyl (C=O) groups is 2. The molecule has 0 aliphatic carbocycles. The summed E-state index contributed by atoms with van der Waals surface area (Å²) < 4.78 is 0. The Labute approximate surface area is 124 Å². The molecule has 2 saturated heterocycles. The van der Waals surface area contributed by atoms with Crippen LogP contribution in [-0.2, 0) is 9.59 Å². The highest BCUT2D eigenvalue weighted by Crippen LogP contribution is 2.23. The molecule has 3 N–H and O–H groups in total. The zero-order chi connectivity index (χ0) is 14.7. The zero-order valence-electron chi connectivity index (χ0n) is 11.8. The van der Waals surface area contributed by atoms with Gasteiger partial charge in [-0.05, 0) is 26.3 Å². The summed E-state index contributed by atoms with van der Waals surface area (Å²) in [5.41, 5.74) is 5.32. The van der Waals surface area contributed by atoms with Crippen LogP contribution in [0.25, 0.3) is 0 Å². The van der Waals surface area contributed by atoms with Gasteiger partial charge in [0.1, 0.15) is 0 Å². The fourth-order valence-electron chi connectivity index (χ4n) is 3.01. The van der Waals surface area contributed by atoms with Gasteiger partial charge < -0.3 is 16.0 Å². The summed E-state index contributed by atoms with van der Waals surface area (Å²) in [4.78, 5) is 28.3. The molecule has 2 amide bonds. The number of amides is 2. The van der Waals surface area contributed by atoms with Gasteiger partial charge in [0.15, 0.2) is 0 Å². The molecule has 0 saturated carbocycles. The Kier molecular flexibility index (Phi) is 4.93. The molecule has 20 heavy (non-hydrogen) atoms. The lowest BCUT2D eigenvalue weighted by Gasteiger charge is -2.47. The quantitative estimate of drug-likeness (QED) is 0.529. The fraction of sp³-hybridized carbons (Fsp3) is 0.769. The molecule has 2 unspecified atom stereocenters. The molecule has 0 radical (unpaired) electrons. The van der Waals surface area contributed by atoms with Crippen LogP contribution in [0.4, 0.5) is 0 Å². The van der Waals surface area contributed by atoms with Gasteiger partial charge in [-0.25, -0.2) is 0 Å². The molecule has 0 aromatic heterocycles. The Morgan fingerprint density at radius 3 is 2.80 bits per heavy atom. The Bertz CT molecular complexity index is 415. The summed E-state index contributed by atoms with van der Waals surface area (Å²) >= 11 is 4.69. The summed E-state index contributed by atoms with van der Waals surface area (Å²) in [6, 6.07) is 0.458. The lowest BCUT2D eigenvalue weighted by molar-refractivity contribution is -0.150. The summed E-state index contributed by atoms with van der Waals surface area (Å²) in [5, 5.41) is 2.46. The highest BCUT2D eigenvalue weighted by atomic mass is 32.1. The standard InChI is InChI=1S/C13H22N4O2S/c1-9-7-16-5-3-2-4-10(16)8-17(9)13(19)12(18)15-6-11(14)20/h9-10H,2-8H2,1H3,(H2,14,20)(H,15,18). The summed E-state index contributed by atoms with van der Waals surface area (Å²) in [6.45, 7) is 4.64. The molecule has 2 rings (SSSR count). The first-order valence-electron chi connectivity index (χ1n) is 7.10. The van der Waals surface area contributed by atoms with Crippen LogP contribution in [0.1, 0.15) is 26.2 Å². The van der Waals surface area contributed by atoms with Crippen LogP contribution < -0.4 is 11.1 Å². The number of thiocarbonyl (C=S) groups is 1. The van der Waals surface area contributed by atoms with E-state index in [4.69, 9.17) is 5.73 Å². The molecular formula is C13H22N4O2S. The molecule has 2 heterocycles. The molecule has 0 spiro atoms. The van der Waals surface area contributed by atoms with E-state index in [1.54, 1.807) is 4.90 Å². The number of nitrogens with zero attached hydrogens (tertiary/aromatic N) is 2. The van der Waals surface area contributed by atoms with Crippen molar-refractivity contribution in [3.05, 3.63) is 0 Å². The highest BCUT2D eigenvalue weighted by molar-refractivity contribution is 7.80. The van der Waals surface area contributed by atoms with Gasteiger partial charge in [-0.3, -0.25) is 14.5 Å². The molecular weight excluding hydrogens is 276 g/mol. The summed E-state index contributed by atoms with van der Waals surface area (Å²) in [5.74, 6) is -1.09. The minimum Gasteiger partial charge on any atom is -0.392 e. The predicted octanol–water partition coefficient (Wildman–Crippen LogP) is -0.526. The van der Waals surface area contributed by atoms with E-state index in [2.05, 4.69) is 22.4 Å². The molecule has 0 aromatic rings. The molecule has 2 aliphatic heterocycles. The van der Waals surface area contributed by atoms with E-state index in [1.165, 1.54) is 12.8 Å². The number of hydrogen-bond acceptors (Lipinski definition) is 4. The lowest BCUT2D eigenvalue weighted by atomic mass is 9.97. The topological polar surface area (TPSA) is 78.7 Å². The number of piperazine rings is 1. The monoisotopic (exact) mass is 298 g/mol. The maximum absolute atomic E-state index is 12.2. The van der Waals surface area contributed by atoms with Gasteiger partial charge in [0.05, 0.1) is 11.5 Å². The molecule has 0 aromatic carbocycles. The van der Waals surface area contributed by atoms with Gasteiger partial charge in [-0.2, -0.15) is 0 Å². The second-order valence-corrected chi connectivity index (χ2v) is 6.12. The minimum absolute atomic E-state index is 0.0624. The normalized spacial score (nSPS) is 26.8. The van der Waals surface area contributed by atoms with Crippen molar-refractivity contribution in [1.82, 2.24) is 15.1 Å². The van der Waals surface area contributed by atoms with E-state index in [9.17, 15) is 9.59 Å². The molecule has 7 heteroatoms. The predicted molar refractivity (Wildman–Crippen MR) is 80.2 cm³/mol. The van der Waals surface area contributed by atoms with Crippen LogP contribution >= 0.6 is 12.2 Å². The van der Waals surface area contributed by atoms with E-state index in [-0.39, 0.29) is 17.6 Å². The van der Waals surface area contributed by atoms with Crippen molar-refractivity contribution in [1.29, 1.82) is 0 Å². The summed E-state index contributed by atoms with van der Waals surface area (Å²) in [7, 11) is 0. The smallest absolute Gasteiger partial charge is 0.312 e. The Morgan fingerprint density at radius 2 is 2.10 bits per heavy atom. The number of carbonyl (C=O) groups excluding carboxylic acids is 2. The van der Waals surface area contributed by atoms with Crippen molar-refractivity contribution in [2.45, 2.75) is 38.3 Å². The first-order valence-corrected chi connectivity index (χ1v) is 7.51. The van der Waals surface area contributed by atoms with E-state index < -0.39 is 11.8 Å². The molecule has 2 atom stereocenters. The minimum atomic E-state index is -0.617. The van der Waals surface area contributed by atoms with Gasteiger partial charge in [0.25, 0.3) is 0 Å². The van der Waals surface area contributed by atoms with Gasteiger partial charge in [0, 0.05) is 25.2 Å². The third kappa shape index (κ3) is 3.46. The Morgan fingerprint density at radius 1 is 1.35 bits per heavy atom. The maximum atomic E-state index is 12.2. The van der Waals surface area contributed by atoms with Gasteiger partial charge >= 0.3 is 11.8 Å². The maximum Gasteiger partial charge on any atom is 0.312 e. The van der Waals surface area contributed by atoms with Crippen LogP contribution in [-0.4, -0.2) is 64.9 Å². The molecule has 0 bridgehead atoms. The van der Waals surface area contributed by atoms with Crippen LogP contribution in [0.2, 0.25) is 0 Å². The van der Waals surface area contributed by atoms with Crippen LogP contribution in [0.5, 0.6) is 0 Å². The van der Waals surface area contributed by atoms with Crippen molar-refractivity contribution in [2.75, 3.05) is 26.2 Å². The van der Waals surface area contributed by atoms with E-state index >= 15 is 0 Å². The number of piperidine rings is 1. The first-order chi connectivity index (χ1) is 9.49. The lowest BCUT2D eigenvalue weighted by Crippen LogP contribution is -2.62. The number of nitrogens with two attached hydrogens (primary N) is 1. The highest BCUT2D eigenvalue weighted by Gasteiger charge is 2.37. The first kappa shape index (κ1) is 15.2. The van der Waals surface area contributed by atoms with Gasteiger partial charge in [-0.15, -0.1) is 0 Å². The molecule has 112 valence electrons. The second kappa shape index (κ2) is 6.49. The SMILES string of the molecule is CC1CN2CCCCC2CN1C(=O)C(=O)NCC(N)=S. The number of hydrogen-bond donors (Lipinski definition) is 2. The number of rotatable bonds is 2. The Balaban J connectivity index is 1.95. The Hall–Kier alpha value is -1.21. The van der Waals surface area contributed by atoms with E-state index in [0.717, 1.165) is 19.5 Å². The van der Waals surface area contributed by atoms with Crippen LogP contribution in [0.3, 0.4) is 0 Å². The molecule has 6 nitrogen and oxygen atoms in total. The number of fused-ring (bicyclic) bond motifs is 1. The van der Waals surface area contributed by atoms with Crippen LogP contribution in [0, 0.1) is 0 Å². The third-order valence-corrected chi connectivity index (χ3v) is 4.21. The second-order valence-electron chi connectivity index (χ2n) is 5.60. The van der Waals surface area contributed by atoms with Crippen molar-refractivity contribution >= 4 is 29.0 Å². The average molecular weight is 298 g/mol. The number of nitrogens with one attached hydrogen (secondary N) is 1. The summed E-state index contributed by atoms with van der Waals surface area (Å²) in [6.07, 6.45) is 3.53.